The van der Waals surface area contributed by atoms with Crippen molar-refractivity contribution >= 4 is 16.0 Å². The number of benzene rings is 2. The standard InChI is InChI=1S/C25H29N3O6S/c1-6-34-25(29)24-20-15-27(35(30,31)23-14-17(3)16(2)13-22(23)33-5)12-11-21(20)28(26-24)18-7-9-19(32-4)10-8-18/h7-10,13-14H,6,11-12,15H2,1-5H3. The van der Waals surface area contributed by atoms with Gasteiger partial charge < -0.3 is 14.2 Å². The lowest BCUT2D eigenvalue weighted by Gasteiger charge is -2.28. The highest BCUT2D eigenvalue weighted by Gasteiger charge is 2.36. The minimum absolute atomic E-state index is 0.00194. The van der Waals surface area contributed by atoms with Gasteiger partial charge in [0, 0.05) is 25.1 Å². The summed E-state index contributed by atoms with van der Waals surface area (Å²) >= 11 is 0. The Morgan fingerprint density at radius 1 is 1.06 bits per heavy atom. The maximum Gasteiger partial charge on any atom is 0.359 e. The van der Waals surface area contributed by atoms with Crippen molar-refractivity contribution in [2.24, 2.45) is 0 Å². The number of nitrogens with zero attached hydrogens (tertiary/aromatic N) is 3. The van der Waals surface area contributed by atoms with Crippen molar-refractivity contribution in [3.63, 3.8) is 0 Å². The van der Waals surface area contributed by atoms with E-state index in [4.69, 9.17) is 14.2 Å². The van der Waals surface area contributed by atoms with Gasteiger partial charge in [0.1, 0.15) is 16.4 Å². The summed E-state index contributed by atoms with van der Waals surface area (Å²) in [6.07, 6.45) is 0.375. The van der Waals surface area contributed by atoms with E-state index < -0.39 is 16.0 Å². The molecular formula is C25H29N3O6S. The first-order valence-corrected chi connectivity index (χ1v) is 12.7. The third-order valence-corrected chi connectivity index (χ3v) is 8.07. The Bertz CT molecular complexity index is 1360. The van der Waals surface area contributed by atoms with Crippen LogP contribution >= 0.6 is 0 Å². The summed E-state index contributed by atoms with van der Waals surface area (Å²) in [4.78, 5) is 12.9. The second kappa shape index (κ2) is 9.71. The van der Waals surface area contributed by atoms with E-state index in [1.54, 1.807) is 43.0 Å². The molecule has 1 aliphatic heterocycles. The van der Waals surface area contributed by atoms with Crippen molar-refractivity contribution in [2.75, 3.05) is 27.4 Å². The number of hydrogen-bond acceptors (Lipinski definition) is 7. The Morgan fingerprint density at radius 2 is 1.74 bits per heavy atom. The third-order valence-electron chi connectivity index (χ3n) is 6.21. The number of fused-ring (bicyclic) bond motifs is 1. The van der Waals surface area contributed by atoms with Gasteiger partial charge in [-0.15, -0.1) is 0 Å². The number of carbonyl (C=O) groups excluding carboxylic acids is 1. The van der Waals surface area contributed by atoms with Crippen molar-refractivity contribution in [2.45, 2.75) is 38.6 Å². The zero-order chi connectivity index (χ0) is 25.3. The second-order valence-electron chi connectivity index (χ2n) is 8.28. The largest absolute Gasteiger partial charge is 0.497 e. The molecule has 10 heteroatoms. The normalized spacial score (nSPS) is 13.9. The Balaban J connectivity index is 1.78. The molecule has 0 saturated carbocycles. The van der Waals surface area contributed by atoms with Crippen molar-refractivity contribution < 1.29 is 27.4 Å². The van der Waals surface area contributed by atoms with Crippen molar-refractivity contribution in [1.29, 1.82) is 0 Å². The van der Waals surface area contributed by atoms with Crippen molar-refractivity contribution in [1.82, 2.24) is 14.1 Å². The second-order valence-corrected chi connectivity index (χ2v) is 10.2. The first-order valence-electron chi connectivity index (χ1n) is 11.3. The van der Waals surface area contributed by atoms with Crippen LogP contribution in [0.3, 0.4) is 0 Å². The minimum atomic E-state index is -3.90. The van der Waals surface area contributed by atoms with Crippen LogP contribution in [0.5, 0.6) is 11.5 Å². The molecular weight excluding hydrogens is 470 g/mol. The van der Waals surface area contributed by atoms with Gasteiger partial charge in [-0.2, -0.15) is 9.40 Å². The first kappa shape index (κ1) is 24.7. The van der Waals surface area contributed by atoms with E-state index in [1.165, 1.54) is 11.4 Å². The van der Waals surface area contributed by atoms with Gasteiger partial charge in [0.05, 0.1) is 32.2 Å². The first-order chi connectivity index (χ1) is 16.7. The zero-order valence-electron chi connectivity index (χ0n) is 20.5. The molecule has 0 spiro atoms. The maximum absolute atomic E-state index is 13.7. The molecule has 9 nitrogen and oxygen atoms in total. The number of esters is 1. The van der Waals surface area contributed by atoms with Gasteiger partial charge in [-0.25, -0.2) is 17.9 Å². The van der Waals surface area contributed by atoms with Gasteiger partial charge in [0.2, 0.25) is 10.0 Å². The summed E-state index contributed by atoms with van der Waals surface area (Å²) in [6.45, 7) is 5.90. The molecule has 1 aliphatic rings. The monoisotopic (exact) mass is 499 g/mol. The fourth-order valence-electron chi connectivity index (χ4n) is 4.16. The summed E-state index contributed by atoms with van der Waals surface area (Å²) < 4.78 is 46.3. The highest BCUT2D eigenvalue weighted by atomic mass is 32.2. The molecule has 0 radical (unpaired) electrons. The maximum atomic E-state index is 13.7. The van der Waals surface area contributed by atoms with Crippen LogP contribution in [0.25, 0.3) is 5.69 Å². The van der Waals surface area contributed by atoms with E-state index in [9.17, 15) is 13.2 Å². The fraction of sp³-hybridized carbons (Fsp3) is 0.360. The van der Waals surface area contributed by atoms with Crippen LogP contribution in [0.15, 0.2) is 41.3 Å². The number of hydrogen-bond donors (Lipinski definition) is 0. The molecule has 2 heterocycles. The Labute approximate surface area is 205 Å². The lowest BCUT2D eigenvalue weighted by molar-refractivity contribution is 0.0517. The molecule has 2 aromatic carbocycles. The molecule has 1 aromatic heterocycles. The van der Waals surface area contributed by atoms with Gasteiger partial charge in [-0.3, -0.25) is 0 Å². The molecule has 3 aromatic rings. The van der Waals surface area contributed by atoms with Gasteiger partial charge >= 0.3 is 5.97 Å². The molecule has 0 atom stereocenters. The van der Waals surface area contributed by atoms with Gasteiger partial charge in [0.25, 0.3) is 0 Å². The van der Waals surface area contributed by atoms with Crippen LogP contribution in [0.4, 0.5) is 0 Å². The number of carbonyl (C=O) groups is 1. The Kier molecular flexibility index (Phi) is 6.86. The number of aryl methyl sites for hydroxylation is 2. The molecule has 0 bridgehead atoms. The van der Waals surface area contributed by atoms with E-state index in [-0.39, 0.29) is 30.3 Å². The predicted octanol–water partition coefficient (Wildman–Crippen LogP) is 3.43. The number of aromatic nitrogens is 2. The van der Waals surface area contributed by atoms with Crippen LogP contribution in [-0.2, 0) is 27.7 Å². The van der Waals surface area contributed by atoms with Crippen LogP contribution in [0.1, 0.15) is 39.8 Å². The molecule has 0 amide bonds. The van der Waals surface area contributed by atoms with E-state index in [1.807, 2.05) is 26.0 Å². The molecule has 4 rings (SSSR count). The predicted molar refractivity (Wildman–Crippen MR) is 130 cm³/mol. The number of ether oxygens (including phenoxy) is 3. The Morgan fingerprint density at radius 3 is 2.37 bits per heavy atom. The lowest BCUT2D eigenvalue weighted by Crippen LogP contribution is -2.37. The molecule has 0 fully saturated rings. The molecule has 0 unspecified atom stereocenters. The summed E-state index contributed by atoms with van der Waals surface area (Å²) in [5.74, 6) is 0.400. The Hall–Kier alpha value is -3.37. The summed E-state index contributed by atoms with van der Waals surface area (Å²) in [5.41, 5.74) is 3.96. The molecule has 0 aliphatic carbocycles. The van der Waals surface area contributed by atoms with Crippen LogP contribution in [0.2, 0.25) is 0 Å². The highest BCUT2D eigenvalue weighted by Crippen LogP contribution is 2.34. The fourth-order valence-corrected chi connectivity index (χ4v) is 5.79. The van der Waals surface area contributed by atoms with Crippen molar-refractivity contribution in [3.05, 3.63) is 64.5 Å². The smallest absolute Gasteiger partial charge is 0.359 e. The topological polar surface area (TPSA) is 100.0 Å². The van der Waals surface area contributed by atoms with Crippen LogP contribution in [-0.4, -0.2) is 55.8 Å². The zero-order valence-corrected chi connectivity index (χ0v) is 21.3. The van der Waals surface area contributed by atoms with E-state index in [0.29, 0.717) is 23.5 Å². The van der Waals surface area contributed by atoms with E-state index in [2.05, 4.69) is 5.10 Å². The summed E-state index contributed by atoms with van der Waals surface area (Å²) in [7, 11) is -0.863. The van der Waals surface area contributed by atoms with E-state index >= 15 is 0 Å². The molecule has 35 heavy (non-hydrogen) atoms. The average molecular weight is 500 g/mol. The molecule has 0 saturated heterocycles. The average Bonchev–Trinajstić information content (AvgIpc) is 3.24. The lowest BCUT2D eigenvalue weighted by atomic mass is 10.1. The quantitative estimate of drug-likeness (QED) is 0.459. The number of sulfonamides is 1. The van der Waals surface area contributed by atoms with Gasteiger partial charge in [0.15, 0.2) is 5.69 Å². The highest BCUT2D eigenvalue weighted by molar-refractivity contribution is 7.89. The third kappa shape index (κ3) is 4.51. The molecule has 0 N–H and O–H groups in total. The number of methoxy groups -OCH3 is 2. The van der Waals surface area contributed by atoms with Gasteiger partial charge in [-0.1, -0.05) is 0 Å². The van der Waals surface area contributed by atoms with Crippen LogP contribution in [0, 0.1) is 13.8 Å². The molecule has 186 valence electrons. The SMILES string of the molecule is CCOC(=O)c1nn(-c2ccc(OC)cc2)c2c1CN(S(=O)(=O)c1cc(C)c(C)cc1OC)CC2. The number of rotatable bonds is 7. The summed E-state index contributed by atoms with van der Waals surface area (Å²) in [6, 6.07) is 10.6. The van der Waals surface area contributed by atoms with E-state index in [0.717, 1.165) is 22.5 Å². The summed E-state index contributed by atoms with van der Waals surface area (Å²) in [5, 5.41) is 4.54. The minimum Gasteiger partial charge on any atom is -0.497 e. The van der Waals surface area contributed by atoms with Crippen molar-refractivity contribution in [3.8, 4) is 17.2 Å². The van der Waals surface area contributed by atoms with Gasteiger partial charge in [-0.05, 0) is 68.3 Å². The van der Waals surface area contributed by atoms with Crippen LogP contribution < -0.4 is 9.47 Å².